The molecule has 0 fully saturated rings. The summed E-state index contributed by atoms with van der Waals surface area (Å²) in [5.74, 6) is 1.18. The number of anilines is 1. The zero-order valence-electron chi connectivity index (χ0n) is 15.6. The van der Waals surface area contributed by atoms with Crippen LogP contribution in [0.25, 0.3) is 0 Å². The highest BCUT2D eigenvalue weighted by Gasteiger charge is 2.14. The van der Waals surface area contributed by atoms with Crippen molar-refractivity contribution < 1.29 is 9.32 Å². The zero-order valence-corrected chi connectivity index (χ0v) is 16.4. The van der Waals surface area contributed by atoms with E-state index >= 15 is 0 Å². The number of benzene rings is 1. The van der Waals surface area contributed by atoms with Crippen LogP contribution < -0.4 is 5.32 Å². The van der Waals surface area contributed by atoms with Crippen LogP contribution in [0.5, 0.6) is 0 Å². The van der Waals surface area contributed by atoms with Gasteiger partial charge in [0.25, 0.3) is 5.91 Å². The molecule has 0 radical (unpaired) electrons. The molecule has 3 rings (SSSR count). The maximum absolute atomic E-state index is 12.8. The minimum Gasteiger partial charge on any atom is -0.361 e. The molecule has 0 unspecified atom stereocenters. The summed E-state index contributed by atoms with van der Waals surface area (Å²) in [5.41, 5.74) is 3.28. The summed E-state index contributed by atoms with van der Waals surface area (Å²) in [7, 11) is 4.03. The van der Waals surface area contributed by atoms with Crippen molar-refractivity contribution in [1.82, 2.24) is 15.0 Å². The van der Waals surface area contributed by atoms with E-state index < -0.39 is 0 Å². The molecular weight excluding hydrogens is 360 g/mol. The Morgan fingerprint density at radius 2 is 2.07 bits per heavy atom. The van der Waals surface area contributed by atoms with Gasteiger partial charge in [-0.15, -0.1) is 0 Å². The van der Waals surface area contributed by atoms with E-state index in [9.17, 15) is 4.79 Å². The number of thioether (sulfide) groups is 1. The highest BCUT2D eigenvalue weighted by atomic mass is 32.2. The van der Waals surface area contributed by atoms with Gasteiger partial charge in [-0.3, -0.25) is 4.79 Å². The number of hydrogen-bond donors (Lipinski definition) is 1. The van der Waals surface area contributed by atoms with Gasteiger partial charge in [0.2, 0.25) is 0 Å². The number of nitrogens with one attached hydrogen (secondary N) is 1. The summed E-state index contributed by atoms with van der Waals surface area (Å²) in [6.07, 6.45) is 1.69. The highest BCUT2D eigenvalue weighted by Crippen LogP contribution is 2.25. The van der Waals surface area contributed by atoms with Gasteiger partial charge in [0.15, 0.2) is 0 Å². The molecule has 1 aromatic carbocycles. The quantitative estimate of drug-likeness (QED) is 0.623. The van der Waals surface area contributed by atoms with Crippen molar-refractivity contribution in [1.29, 1.82) is 0 Å². The number of aryl methyl sites for hydroxylation is 1. The van der Waals surface area contributed by atoms with Gasteiger partial charge < -0.3 is 14.7 Å². The Kier molecular flexibility index (Phi) is 6.26. The third-order valence-electron chi connectivity index (χ3n) is 3.73. The third kappa shape index (κ3) is 5.42. The molecule has 0 aliphatic rings. The Hall–Kier alpha value is -2.64. The van der Waals surface area contributed by atoms with Crippen LogP contribution in [-0.2, 0) is 12.3 Å². The lowest BCUT2D eigenvalue weighted by atomic mass is 10.2. The van der Waals surface area contributed by atoms with E-state index in [0.717, 1.165) is 29.2 Å². The predicted molar refractivity (Wildman–Crippen MR) is 107 cm³/mol. The molecule has 6 nitrogen and oxygen atoms in total. The summed E-state index contributed by atoms with van der Waals surface area (Å²) < 4.78 is 5.08. The van der Waals surface area contributed by atoms with Crippen LogP contribution in [-0.4, -0.2) is 35.0 Å². The minimum atomic E-state index is -0.177. The van der Waals surface area contributed by atoms with Gasteiger partial charge in [0.05, 0.1) is 11.3 Å². The van der Waals surface area contributed by atoms with E-state index in [0.29, 0.717) is 16.3 Å². The molecular formula is C20H22N4O2S. The molecule has 2 aromatic heterocycles. The first-order chi connectivity index (χ1) is 13.0. The van der Waals surface area contributed by atoms with Gasteiger partial charge in [-0.25, -0.2) is 4.98 Å². The van der Waals surface area contributed by atoms with Crippen LogP contribution in [0.3, 0.4) is 0 Å². The molecule has 0 spiro atoms. The molecule has 7 heteroatoms. The molecule has 0 saturated carbocycles. The van der Waals surface area contributed by atoms with Crippen LogP contribution in [0.4, 0.5) is 5.69 Å². The number of carbonyl (C=O) groups excluding carboxylic acids is 1. The maximum atomic E-state index is 12.8. The van der Waals surface area contributed by atoms with Crippen LogP contribution in [0.2, 0.25) is 0 Å². The first-order valence-electron chi connectivity index (χ1n) is 8.56. The van der Waals surface area contributed by atoms with Crippen molar-refractivity contribution in [2.45, 2.75) is 24.2 Å². The molecule has 1 amide bonds. The van der Waals surface area contributed by atoms with Gasteiger partial charge in [-0.05, 0) is 50.8 Å². The summed E-state index contributed by atoms with van der Waals surface area (Å²) in [5, 5.41) is 7.61. The fourth-order valence-electron chi connectivity index (χ4n) is 2.62. The van der Waals surface area contributed by atoms with Crippen molar-refractivity contribution in [3.05, 3.63) is 71.2 Å². The molecule has 27 heavy (non-hydrogen) atoms. The lowest BCUT2D eigenvalue weighted by molar-refractivity contribution is 0.102. The van der Waals surface area contributed by atoms with Crippen LogP contribution in [0, 0.1) is 6.92 Å². The number of hydrogen-bond acceptors (Lipinski definition) is 6. The van der Waals surface area contributed by atoms with E-state index in [-0.39, 0.29) is 5.91 Å². The smallest absolute Gasteiger partial charge is 0.258 e. The number of nitrogens with zero attached hydrogens (tertiary/aromatic N) is 3. The molecule has 2 heterocycles. The van der Waals surface area contributed by atoms with Crippen molar-refractivity contribution >= 4 is 23.4 Å². The van der Waals surface area contributed by atoms with E-state index in [4.69, 9.17) is 4.52 Å². The fraction of sp³-hybridized carbons (Fsp3) is 0.250. The number of carbonyl (C=O) groups is 1. The summed E-state index contributed by atoms with van der Waals surface area (Å²) in [6.45, 7) is 2.67. The molecule has 140 valence electrons. The second kappa shape index (κ2) is 8.83. The largest absolute Gasteiger partial charge is 0.361 e. The number of aromatic nitrogens is 2. The molecule has 0 atom stereocenters. The molecule has 1 N–H and O–H groups in total. The maximum Gasteiger partial charge on any atom is 0.258 e. The lowest BCUT2D eigenvalue weighted by Crippen LogP contribution is -2.14. The van der Waals surface area contributed by atoms with Gasteiger partial charge in [-0.2, -0.15) is 0 Å². The van der Waals surface area contributed by atoms with Gasteiger partial charge in [0, 0.05) is 30.2 Å². The lowest BCUT2D eigenvalue weighted by Gasteiger charge is -2.12. The normalized spacial score (nSPS) is 11.0. The van der Waals surface area contributed by atoms with Crippen LogP contribution in [0.1, 0.15) is 27.4 Å². The summed E-state index contributed by atoms with van der Waals surface area (Å²) in [6, 6.07) is 13.3. The Labute approximate surface area is 163 Å². The van der Waals surface area contributed by atoms with Crippen LogP contribution in [0.15, 0.2) is 58.2 Å². The Balaban J connectivity index is 1.71. The zero-order chi connectivity index (χ0) is 19.2. The van der Waals surface area contributed by atoms with Crippen molar-refractivity contribution in [3.8, 4) is 0 Å². The topological polar surface area (TPSA) is 71.3 Å². The van der Waals surface area contributed by atoms with Crippen LogP contribution >= 0.6 is 11.8 Å². The summed E-state index contributed by atoms with van der Waals surface area (Å²) >= 11 is 1.46. The Morgan fingerprint density at radius 1 is 1.22 bits per heavy atom. The summed E-state index contributed by atoms with van der Waals surface area (Å²) in [4.78, 5) is 19.2. The average molecular weight is 382 g/mol. The van der Waals surface area contributed by atoms with E-state index in [2.05, 4.69) is 20.4 Å². The Bertz CT molecular complexity index is 924. The van der Waals surface area contributed by atoms with Gasteiger partial charge >= 0.3 is 0 Å². The number of rotatable bonds is 7. The predicted octanol–water partition coefficient (Wildman–Crippen LogP) is 3.98. The number of pyridine rings is 1. The number of amides is 1. The van der Waals surface area contributed by atoms with E-state index in [1.807, 2.05) is 51.4 Å². The van der Waals surface area contributed by atoms with E-state index in [1.165, 1.54) is 11.8 Å². The standard InChI is InChI=1S/C20H22N4O2S/c1-14-10-17(23-26-14)13-27-20-18(8-5-9-21-20)19(25)22-16-7-4-6-15(11-16)12-24(2)3/h4-11H,12-13H2,1-3H3,(H,22,25). The van der Waals surface area contributed by atoms with Gasteiger partial charge in [0.1, 0.15) is 10.8 Å². The first-order valence-corrected chi connectivity index (χ1v) is 9.55. The monoisotopic (exact) mass is 382 g/mol. The average Bonchev–Trinajstić information content (AvgIpc) is 3.05. The van der Waals surface area contributed by atoms with E-state index in [1.54, 1.807) is 18.3 Å². The molecule has 0 saturated heterocycles. The molecule has 0 aliphatic carbocycles. The highest BCUT2D eigenvalue weighted by molar-refractivity contribution is 7.98. The Morgan fingerprint density at radius 3 is 2.81 bits per heavy atom. The minimum absolute atomic E-state index is 0.177. The van der Waals surface area contributed by atoms with Crippen molar-refractivity contribution in [3.63, 3.8) is 0 Å². The van der Waals surface area contributed by atoms with Crippen molar-refractivity contribution in [2.24, 2.45) is 0 Å². The molecule has 3 aromatic rings. The fourth-order valence-corrected chi connectivity index (χ4v) is 3.49. The third-order valence-corrected chi connectivity index (χ3v) is 4.77. The van der Waals surface area contributed by atoms with Crippen molar-refractivity contribution in [2.75, 3.05) is 19.4 Å². The second-order valence-electron chi connectivity index (χ2n) is 6.47. The first kappa shape index (κ1) is 19.1. The molecule has 0 bridgehead atoms. The van der Waals surface area contributed by atoms with Gasteiger partial charge in [-0.1, -0.05) is 29.1 Å². The molecule has 0 aliphatic heterocycles. The second-order valence-corrected chi connectivity index (χ2v) is 7.43. The SMILES string of the molecule is Cc1cc(CSc2ncccc2C(=O)Nc2cccc(CN(C)C)c2)no1.